The number of nitrogens with one attached hydrogen (secondary N) is 1. The summed E-state index contributed by atoms with van der Waals surface area (Å²) in [6, 6.07) is 14.3. The molecule has 0 aliphatic carbocycles. The van der Waals surface area contributed by atoms with Gasteiger partial charge >= 0.3 is 0 Å². The molecule has 25 heavy (non-hydrogen) atoms. The first-order valence-electron chi connectivity index (χ1n) is 7.66. The maximum absolute atomic E-state index is 12.1. The molecular formula is C17H16N6O2. The number of aromatic nitrogens is 4. The summed E-state index contributed by atoms with van der Waals surface area (Å²) in [7, 11) is 0. The summed E-state index contributed by atoms with van der Waals surface area (Å²) in [5, 5.41) is 14.9. The van der Waals surface area contributed by atoms with Crippen LogP contribution in [-0.4, -0.2) is 38.9 Å². The number of hydrogen-bond donors (Lipinski definition) is 1. The van der Waals surface area contributed by atoms with E-state index in [-0.39, 0.29) is 5.91 Å². The van der Waals surface area contributed by atoms with Gasteiger partial charge in [0, 0.05) is 11.1 Å². The minimum Gasteiger partial charge on any atom is -0.493 e. The minimum atomic E-state index is -0.312. The molecule has 0 bridgehead atoms. The van der Waals surface area contributed by atoms with Crippen LogP contribution in [0.2, 0.25) is 0 Å². The number of benzene rings is 2. The number of hydrazone groups is 1. The number of ether oxygens (including phenoxy) is 1. The SMILES string of the molecule is CCOc1ccccc1/C=N/NC(=O)c1ccc(-n2cnnn2)cc1. The van der Waals surface area contributed by atoms with E-state index in [1.807, 2.05) is 31.2 Å². The van der Waals surface area contributed by atoms with Gasteiger partial charge in [-0.3, -0.25) is 4.79 Å². The first kappa shape index (κ1) is 16.3. The molecule has 0 radical (unpaired) electrons. The Balaban J connectivity index is 1.65. The maximum atomic E-state index is 12.1. The summed E-state index contributed by atoms with van der Waals surface area (Å²) in [6.45, 7) is 2.47. The van der Waals surface area contributed by atoms with Crippen LogP contribution in [0.1, 0.15) is 22.8 Å². The van der Waals surface area contributed by atoms with Crippen LogP contribution in [0.25, 0.3) is 5.69 Å². The fourth-order valence-electron chi connectivity index (χ4n) is 2.14. The van der Waals surface area contributed by atoms with Gasteiger partial charge in [-0.25, -0.2) is 10.1 Å². The van der Waals surface area contributed by atoms with E-state index in [0.717, 1.165) is 11.3 Å². The van der Waals surface area contributed by atoms with E-state index >= 15 is 0 Å². The molecule has 8 heteroatoms. The van der Waals surface area contributed by atoms with Crippen LogP contribution in [0.3, 0.4) is 0 Å². The van der Waals surface area contributed by atoms with Crippen LogP contribution in [0.5, 0.6) is 5.75 Å². The highest BCUT2D eigenvalue weighted by Gasteiger charge is 2.05. The van der Waals surface area contributed by atoms with E-state index in [1.165, 1.54) is 11.0 Å². The van der Waals surface area contributed by atoms with Crippen molar-refractivity contribution < 1.29 is 9.53 Å². The third kappa shape index (κ3) is 4.05. The van der Waals surface area contributed by atoms with Gasteiger partial charge in [0.05, 0.1) is 18.5 Å². The van der Waals surface area contributed by atoms with Crippen molar-refractivity contribution in [2.75, 3.05) is 6.61 Å². The molecule has 3 rings (SSSR count). The molecule has 8 nitrogen and oxygen atoms in total. The zero-order chi connectivity index (χ0) is 17.5. The second kappa shape index (κ2) is 7.82. The third-order valence-corrected chi connectivity index (χ3v) is 3.33. The number of carbonyl (C=O) groups is 1. The van der Waals surface area contributed by atoms with Gasteiger partial charge in [0.15, 0.2) is 0 Å². The van der Waals surface area contributed by atoms with E-state index in [1.54, 1.807) is 30.5 Å². The number of para-hydroxylation sites is 1. The van der Waals surface area contributed by atoms with Crippen LogP contribution in [-0.2, 0) is 0 Å². The quantitative estimate of drug-likeness (QED) is 0.547. The standard InChI is InChI=1S/C17H16N6O2/c1-2-25-16-6-4-3-5-14(16)11-18-20-17(24)13-7-9-15(10-8-13)23-12-19-21-22-23/h3-12H,2H2,1H3,(H,20,24)/b18-11+. The Kier molecular flexibility index (Phi) is 5.10. The van der Waals surface area contributed by atoms with E-state index in [4.69, 9.17) is 4.74 Å². The lowest BCUT2D eigenvalue weighted by Crippen LogP contribution is -2.17. The van der Waals surface area contributed by atoms with Crippen LogP contribution >= 0.6 is 0 Å². The Bertz CT molecular complexity index is 859. The number of hydrogen-bond acceptors (Lipinski definition) is 6. The minimum absolute atomic E-state index is 0.312. The lowest BCUT2D eigenvalue weighted by atomic mass is 10.2. The lowest BCUT2D eigenvalue weighted by molar-refractivity contribution is 0.0955. The molecule has 0 fully saturated rings. The average molecular weight is 336 g/mol. The topological polar surface area (TPSA) is 94.3 Å². The summed E-state index contributed by atoms with van der Waals surface area (Å²) in [5.74, 6) is 0.405. The molecule has 3 aromatic rings. The molecule has 0 aliphatic heterocycles. The fraction of sp³-hybridized carbons (Fsp3) is 0.118. The predicted octanol–water partition coefficient (Wildman–Crippen LogP) is 1.82. The number of amides is 1. The smallest absolute Gasteiger partial charge is 0.271 e. The molecule has 126 valence electrons. The monoisotopic (exact) mass is 336 g/mol. The first-order chi connectivity index (χ1) is 12.3. The molecule has 0 saturated heterocycles. The van der Waals surface area contributed by atoms with E-state index in [9.17, 15) is 4.79 Å². The van der Waals surface area contributed by atoms with Crippen molar-refractivity contribution in [2.24, 2.45) is 5.10 Å². The Morgan fingerprint density at radius 3 is 2.76 bits per heavy atom. The Morgan fingerprint density at radius 1 is 1.24 bits per heavy atom. The van der Waals surface area contributed by atoms with Crippen molar-refractivity contribution >= 4 is 12.1 Å². The van der Waals surface area contributed by atoms with Crippen molar-refractivity contribution in [3.05, 3.63) is 66.0 Å². The highest BCUT2D eigenvalue weighted by molar-refractivity contribution is 5.95. The van der Waals surface area contributed by atoms with Gasteiger partial charge in [-0.2, -0.15) is 5.10 Å². The molecule has 1 heterocycles. The predicted molar refractivity (Wildman–Crippen MR) is 91.8 cm³/mol. The van der Waals surface area contributed by atoms with Gasteiger partial charge < -0.3 is 4.74 Å². The number of tetrazole rings is 1. The van der Waals surface area contributed by atoms with Crippen molar-refractivity contribution in [3.8, 4) is 11.4 Å². The molecule has 2 aromatic carbocycles. The highest BCUT2D eigenvalue weighted by Crippen LogP contribution is 2.15. The summed E-state index contributed by atoms with van der Waals surface area (Å²) in [6.07, 6.45) is 3.04. The molecule has 0 atom stereocenters. The normalized spacial score (nSPS) is 10.8. The molecule has 0 spiro atoms. The number of carbonyl (C=O) groups excluding carboxylic acids is 1. The van der Waals surface area contributed by atoms with Gasteiger partial charge in [0.1, 0.15) is 12.1 Å². The zero-order valence-corrected chi connectivity index (χ0v) is 13.5. The van der Waals surface area contributed by atoms with Crippen LogP contribution in [0.15, 0.2) is 60.0 Å². The number of nitrogens with zero attached hydrogens (tertiary/aromatic N) is 5. The summed E-state index contributed by atoms with van der Waals surface area (Å²) >= 11 is 0. The first-order valence-corrected chi connectivity index (χ1v) is 7.66. The van der Waals surface area contributed by atoms with Crippen LogP contribution < -0.4 is 10.2 Å². The molecular weight excluding hydrogens is 320 g/mol. The van der Waals surface area contributed by atoms with Gasteiger partial charge in [-0.1, -0.05) is 12.1 Å². The summed E-state index contributed by atoms with van der Waals surface area (Å²) in [5.41, 5.74) is 4.53. The van der Waals surface area contributed by atoms with E-state index in [0.29, 0.717) is 17.9 Å². The summed E-state index contributed by atoms with van der Waals surface area (Å²) in [4.78, 5) is 12.1. The molecule has 0 saturated carbocycles. The van der Waals surface area contributed by atoms with Gasteiger partial charge in [0.2, 0.25) is 0 Å². The highest BCUT2D eigenvalue weighted by atomic mass is 16.5. The maximum Gasteiger partial charge on any atom is 0.271 e. The molecule has 0 aliphatic rings. The second-order valence-electron chi connectivity index (χ2n) is 4.97. The Labute approximate surface area is 144 Å². The van der Waals surface area contributed by atoms with Crippen molar-refractivity contribution in [1.82, 2.24) is 25.6 Å². The van der Waals surface area contributed by atoms with Crippen molar-refractivity contribution in [2.45, 2.75) is 6.92 Å². The largest absolute Gasteiger partial charge is 0.493 e. The van der Waals surface area contributed by atoms with E-state index < -0.39 is 0 Å². The second-order valence-corrected chi connectivity index (χ2v) is 4.97. The summed E-state index contributed by atoms with van der Waals surface area (Å²) < 4.78 is 7.01. The number of rotatable bonds is 6. The lowest BCUT2D eigenvalue weighted by Gasteiger charge is -2.06. The molecule has 1 amide bonds. The van der Waals surface area contributed by atoms with Crippen molar-refractivity contribution in [1.29, 1.82) is 0 Å². The molecule has 1 aromatic heterocycles. The molecule has 1 N–H and O–H groups in total. The van der Waals surface area contributed by atoms with Crippen LogP contribution in [0, 0.1) is 0 Å². The van der Waals surface area contributed by atoms with Crippen LogP contribution in [0.4, 0.5) is 0 Å². The zero-order valence-electron chi connectivity index (χ0n) is 13.5. The third-order valence-electron chi connectivity index (χ3n) is 3.33. The van der Waals surface area contributed by atoms with Gasteiger partial charge in [-0.15, -0.1) is 5.10 Å². The molecule has 0 unspecified atom stereocenters. The van der Waals surface area contributed by atoms with Gasteiger partial charge in [0.25, 0.3) is 5.91 Å². The Morgan fingerprint density at radius 2 is 2.04 bits per heavy atom. The fourth-order valence-corrected chi connectivity index (χ4v) is 2.14. The average Bonchev–Trinajstić information content (AvgIpc) is 3.18. The van der Waals surface area contributed by atoms with E-state index in [2.05, 4.69) is 26.1 Å². The van der Waals surface area contributed by atoms with Crippen molar-refractivity contribution in [3.63, 3.8) is 0 Å². The Hall–Kier alpha value is -3.55. The van der Waals surface area contributed by atoms with Gasteiger partial charge in [-0.05, 0) is 53.7 Å².